The van der Waals surface area contributed by atoms with Crippen LogP contribution in [0.4, 0.5) is 0 Å². The highest BCUT2D eigenvalue weighted by atomic mass is 16.5. The van der Waals surface area contributed by atoms with Crippen molar-refractivity contribution in [3.63, 3.8) is 0 Å². The van der Waals surface area contributed by atoms with Gasteiger partial charge in [-0.15, -0.1) is 0 Å². The van der Waals surface area contributed by atoms with Gasteiger partial charge in [0, 0.05) is 54.1 Å². The van der Waals surface area contributed by atoms with Crippen LogP contribution in [0.1, 0.15) is 22.3 Å². The van der Waals surface area contributed by atoms with Gasteiger partial charge in [-0.3, -0.25) is 9.36 Å². The molecule has 304 valence electrons. The molecule has 0 bridgehead atoms. The first-order valence-corrected chi connectivity index (χ1v) is 20.4. The number of hydrogen-bond acceptors (Lipinski definition) is 6. The first-order valence-electron chi connectivity index (χ1n) is 20.4. The summed E-state index contributed by atoms with van der Waals surface area (Å²) in [5.74, 6) is 1.73. The molecule has 0 unspecified atom stereocenters. The highest BCUT2D eigenvalue weighted by Crippen LogP contribution is 2.24. The van der Waals surface area contributed by atoms with Gasteiger partial charge in [-0.05, 0) is 88.5 Å². The van der Waals surface area contributed by atoms with Gasteiger partial charge in [-0.1, -0.05) is 109 Å². The van der Waals surface area contributed by atoms with Gasteiger partial charge in [0.2, 0.25) is 0 Å². The van der Waals surface area contributed by atoms with Crippen molar-refractivity contribution in [1.82, 2.24) is 38.7 Å². The van der Waals surface area contributed by atoms with Crippen LogP contribution in [0.15, 0.2) is 220 Å². The second-order valence-corrected chi connectivity index (χ2v) is 14.6. The van der Waals surface area contributed by atoms with E-state index in [0.717, 1.165) is 56.5 Å². The number of benzene rings is 6. The fourth-order valence-corrected chi connectivity index (χ4v) is 6.96. The fourth-order valence-electron chi connectivity index (χ4n) is 6.96. The summed E-state index contributed by atoms with van der Waals surface area (Å²) in [6, 6.07) is 57.6. The van der Waals surface area contributed by atoms with Crippen LogP contribution in [0.5, 0.6) is 11.5 Å². The van der Waals surface area contributed by atoms with E-state index in [0.29, 0.717) is 26.3 Å². The van der Waals surface area contributed by atoms with Gasteiger partial charge in [0.25, 0.3) is 0 Å². The minimum absolute atomic E-state index is 0.568. The van der Waals surface area contributed by atoms with Crippen molar-refractivity contribution in [2.75, 3.05) is 0 Å². The number of imidazole rings is 2. The van der Waals surface area contributed by atoms with Gasteiger partial charge in [0.15, 0.2) is 0 Å². The monoisotopic (exact) mass is 812 g/mol. The van der Waals surface area contributed by atoms with Crippen molar-refractivity contribution in [3.05, 3.63) is 242 Å². The van der Waals surface area contributed by atoms with Crippen molar-refractivity contribution in [2.45, 2.75) is 26.3 Å². The van der Waals surface area contributed by atoms with Crippen molar-refractivity contribution < 1.29 is 9.47 Å². The van der Waals surface area contributed by atoms with E-state index < -0.39 is 0 Å². The second kappa shape index (κ2) is 19.2. The number of aromatic nitrogens is 8. The summed E-state index contributed by atoms with van der Waals surface area (Å²) in [6.45, 7) is 2.55. The molecule has 0 aliphatic heterocycles. The summed E-state index contributed by atoms with van der Waals surface area (Å²) in [7, 11) is 0. The quantitative estimate of drug-likeness (QED) is 0.109. The SMILES string of the molecule is c1ccc(COc2ccc(Cn3ccc(-c4ccc(-n5ccnc5)cc4)n3)cc2)cc1.c1ccc(COc2ccc(Cn3nccc3-c3ccc(-n4ccnc4)cc3)cc2)cc1. The van der Waals surface area contributed by atoms with E-state index in [4.69, 9.17) is 14.6 Å². The van der Waals surface area contributed by atoms with Crippen LogP contribution in [-0.2, 0) is 26.3 Å². The summed E-state index contributed by atoms with van der Waals surface area (Å²) in [6.07, 6.45) is 14.9. The maximum Gasteiger partial charge on any atom is 0.119 e. The Morgan fingerprint density at radius 1 is 0.419 bits per heavy atom. The molecule has 6 aromatic carbocycles. The van der Waals surface area contributed by atoms with Gasteiger partial charge in [-0.25, -0.2) is 9.97 Å². The van der Waals surface area contributed by atoms with Gasteiger partial charge in [-0.2, -0.15) is 10.2 Å². The van der Waals surface area contributed by atoms with Crippen molar-refractivity contribution in [2.24, 2.45) is 0 Å². The fraction of sp³-hybridized carbons (Fsp3) is 0.0769. The largest absolute Gasteiger partial charge is 0.489 e. The molecule has 4 heterocycles. The van der Waals surface area contributed by atoms with Crippen LogP contribution in [0.3, 0.4) is 0 Å². The zero-order chi connectivity index (χ0) is 41.8. The lowest BCUT2D eigenvalue weighted by atomic mass is 10.1. The van der Waals surface area contributed by atoms with E-state index in [1.165, 1.54) is 11.1 Å². The molecule has 0 saturated heterocycles. The molecule has 4 aromatic heterocycles. The van der Waals surface area contributed by atoms with E-state index in [1.807, 2.05) is 116 Å². The average molecular weight is 813 g/mol. The van der Waals surface area contributed by atoms with E-state index in [9.17, 15) is 0 Å². The Hall–Kier alpha value is -8.24. The minimum Gasteiger partial charge on any atom is -0.489 e. The summed E-state index contributed by atoms with van der Waals surface area (Å²) in [4.78, 5) is 8.20. The normalized spacial score (nSPS) is 10.8. The first-order chi connectivity index (χ1) is 30.7. The molecule has 0 aliphatic rings. The number of nitrogens with zero attached hydrogens (tertiary/aromatic N) is 8. The van der Waals surface area contributed by atoms with E-state index in [1.54, 1.807) is 25.0 Å². The average Bonchev–Trinajstić information content (AvgIpc) is 4.20. The molecule has 0 spiro atoms. The Morgan fingerprint density at radius 3 is 1.45 bits per heavy atom. The molecule has 0 atom stereocenters. The lowest BCUT2D eigenvalue weighted by Gasteiger charge is -2.10. The molecule has 0 radical (unpaired) electrons. The number of rotatable bonds is 14. The molecule has 10 aromatic rings. The van der Waals surface area contributed by atoms with Crippen LogP contribution in [0, 0.1) is 0 Å². The van der Waals surface area contributed by atoms with Gasteiger partial charge < -0.3 is 18.6 Å². The van der Waals surface area contributed by atoms with E-state index >= 15 is 0 Å². The van der Waals surface area contributed by atoms with Crippen LogP contribution in [-0.4, -0.2) is 38.7 Å². The Labute approximate surface area is 360 Å². The third kappa shape index (κ3) is 10.1. The highest BCUT2D eigenvalue weighted by molar-refractivity contribution is 5.62. The minimum atomic E-state index is 0.568. The lowest BCUT2D eigenvalue weighted by molar-refractivity contribution is 0.306. The smallest absolute Gasteiger partial charge is 0.119 e. The molecule has 0 aliphatic carbocycles. The van der Waals surface area contributed by atoms with Gasteiger partial charge in [0.1, 0.15) is 24.7 Å². The number of ether oxygens (including phenoxy) is 2. The summed E-state index contributed by atoms with van der Waals surface area (Å²) < 4.78 is 19.7. The topological polar surface area (TPSA) is 89.7 Å². The van der Waals surface area contributed by atoms with Crippen molar-refractivity contribution in [1.29, 1.82) is 0 Å². The summed E-state index contributed by atoms with van der Waals surface area (Å²) in [5.41, 5.74) is 11.1. The Kier molecular flexibility index (Phi) is 12.2. The predicted octanol–water partition coefficient (Wildman–Crippen LogP) is 10.7. The summed E-state index contributed by atoms with van der Waals surface area (Å²) >= 11 is 0. The third-order valence-corrected chi connectivity index (χ3v) is 10.3. The zero-order valence-corrected chi connectivity index (χ0v) is 34.0. The lowest BCUT2D eigenvalue weighted by Crippen LogP contribution is -2.04. The molecule has 0 fully saturated rings. The molecule has 0 amide bonds. The Morgan fingerprint density at radius 2 is 0.935 bits per heavy atom. The first kappa shape index (κ1) is 39.2. The van der Waals surface area contributed by atoms with Gasteiger partial charge >= 0.3 is 0 Å². The van der Waals surface area contributed by atoms with Gasteiger partial charge in [0.05, 0.1) is 37.1 Å². The molecule has 0 N–H and O–H groups in total. The Balaban J connectivity index is 0.000000158. The molecule has 62 heavy (non-hydrogen) atoms. The third-order valence-electron chi connectivity index (χ3n) is 10.3. The summed E-state index contributed by atoms with van der Waals surface area (Å²) in [5, 5.41) is 9.26. The predicted molar refractivity (Wildman–Crippen MR) is 242 cm³/mol. The zero-order valence-electron chi connectivity index (χ0n) is 34.0. The second-order valence-electron chi connectivity index (χ2n) is 14.6. The maximum absolute atomic E-state index is 5.89. The van der Waals surface area contributed by atoms with Crippen LogP contribution in [0.2, 0.25) is 0 Å². The highest BCUT2D eigenvalue weighted by Gasteiger charge is 2.09. The Bertz CT molecular complexity index is 2850. The molecule has 10 heteroatoms. The van der Waals surface area contributed by atoms with Crippen molar-refractivity contribution >= 4 is 0 Å². The van der Waals surface area contributed by atoms with Crippen LogP contribution in [0.25, 0.3) is 33.9 Å². The van der Waals surface area contributed by atoms with Crippen LogP contribution >= 0.6 is 0 Å². The molecule has 0 saturated carbocycles. The molecule has 10 nitrogen and oxygen atoms in total. The van der Waals surface area contributed by atoms with E-state index in [2.05, 4.69) is 112 Å². The van der Waals surface area contributed by atoms with E-state index in [-0.39, 0.29) is 0 Å². The molecular weight excluding hydrogens is 769 g/mol. The number of hydrogen-bond donors (Lipinski definition) is 0. The standard InChI is InChI=1S/2C26H22N4O/c1-2-4-22(5-3-1)19-31-25-12-6-21(7-13-25)18-30-16-14-26(28-30)23-8-10-24(11-9-23)29-17-15-27-20-29;1-2-4-22(5-3-1)19-31-25-12-6-21(7-13-25)18-30-26(14-15-28-30)23-8-10-24(11-9-23)29-17-16-27-20-29/h2*1-17,20H,18-19H2. The maximum atomic E-state index is 5.89. The molecular formula is C52H44N8O2. The molecule has 10 rings (SSSR count). The van der Waals surface area contributed by atoms with Crippen molar-refractivity contribution in [3.8, 4) is 45.4 Å². The van der Waals surface area contributed by atoms with Crippen LogP contribution < -0.4 is 9.47 Å².